The van der Waals surface area contributed by atoms with Gasteiger partial charge in [-0.1, -0.05) is 0 Å². The van der Waals surface area contributed by atoms with Crippen LogP contribution in [0.5, 0.6) is 0 Å². The second kappa shape index (κ2) is 7.09. The Bertz CT molecular complexity index is 552. The summed E-state index contributed by atoms with van der Waals surface area (Å²) in [6, 6.07) is 6.09. The molecule has 0 saturated heterocycles. The molecule has 0 spiro atoms. The van der Waals surface area contributed by atoms with Crippen LogP contribution in [-0.2, 0) is 9.84 Å². The van der Waals surface area contributed by atoms with Gasteiger partial charge < -0.3 is 4.90 Å². The third kappa shape index (κ3) is 4.49. The van der Waals surface area contributed by atoms with Crippen LogP contribution in [-0.4, -0.2) is 43.9 Å². The first kappa shape index (κ1) is 17.0. The van der Waals surface area contributed by atoms with Crippen LogP contribution in [0.25, 0.3) is 0 Å². The van der Waals surface area contributed by atoms with E-state index in [9.17, 15) is 13.2 Å². The maximum Gasteiger partial charge on any atom is 0.254 e. The lowest BCUT2D eigenvalue weighted by Crippen LogP contribution is -2.37. The highest BCUT2D eigenvalue weighted by atomic mass is 35.5. The Morgan fingerprint density at radius 1 is 1.25 bits per heavy atom. The monoisotopic (exact) mass is 317 g/mol. The van der Waals surface area contributed by atoms with Crippen molar-refractivity contribution in [2.45, 2.75) is 31.2 Å². The van der Waals surface area contributed by atoms with Gasteiger partial charge in [0.15, 0.2) is 9.84 Å². The van der Waals surface area contributed by atoms with Gasteiger partial charge in [-0.05, 0) is 44.5 Å². The molecule has 0 radical (unpaired) electrons. The highest BCUT2D eigenvalue weighted by molar-refractivity contribution is 7.90. The molecule has 0 aliphatic heterocycles. The molecule has 0 heterocycles. The molecule has 0 aromatic heterocycles. The minimum absolute atomic E-state index is 0.0697. The number of hydrogen-bond donors (Lipinski definition) is 0. The summed E-state index contributed by atoms with van der Waals surface area (Å²) >= 11 is 5.67. The lowest BCUT2D eigenvalue weighted by Gasteiger charge is -2.26. The van der Waals surface area contributed by atoms with Crippen molar-refractivity contribution in [1.29, 1.82) is 0 Å². The summed E-state index contributed by atoms with van der Waals surface area (Å²) in [6.07, 6.45) is 1.87. The zero-order chi connectivity index (χ0) is 15.3. The van der Waals surface area contributed by atoms with Crippen LogP contribution in [0.15, 0.2) is 29.2 Å². The zero-order valence-corrected chi connectivity index (χ0v) is 13.5. The number of sulfone groups is 1. The first-order valence-corrected chi connectivity index (χ1v) is 8.87. The zero-order valence-electron chi connectivity index (χ0n) is 12.0. The third-order valence-corrected chi connectivity index (χ3v) is 4.34. The van der Waals surface area contributed by atoms with E-state index in [2.05, 4.69) is 0 Å². The van der Waals surface area contributed by atoms with Crippen molar-refractivity contribution >= 4 is 27.3 Å². The molecule has 0 saturated carbocycles. The van der Waals surface area contributed by atoms with E-state index in [1.165, 1.54) is 12.1 Å². The van der Waals surface area contributed by atoms with Gasteiger partial charge in [-0.2, -0.15) is 0 Å². The second-order valence-electron chi connectivity index (χ2n) is 4.93. The van der Waals surface area contributed by atoms with Crippen molar-refractivity contribution in [2.24, 2.45) is 0 Å². The Hall–Kier alpha value is -1.07. The standard InChI is InChI=1S/C14H20ClNO3S/c1-11(2)16(10-4-9-15)14(17)12-5-7-13(8-6-12)20(3,18)19/h5-8,11H,4,9-10H2,1-3H3. The molecular formula is C14H20ClNO3S. The number of carbonyl (C=O) groups is 1. The van der Waals surface area contributed by atoms with Gasteiger partial charge in [0.1, 0.15) is 0 Å². The van der Waals surface area contributed by atoms with Crippen molar-refractivity contribution in [3.8, 4) is 0 Å². The average molecular weight is 318 g/mol. The fraction of sp³-hybridized carbons (Fsp3) is 0.500. The topological polar surface area (TPSA) is 54.5 Å². The van der Waals surface area contributed by atoms with Crippen LogP contribution in [0, 0.1) is 0 Å². The van der Waals surface area contributed by atoms with E-state index in [0.717, 1.165) is 12.7 Å². The quantitative estimate of drug-likeness (QED) is 0.758. The number of hydrogen-bond acceptors (Lipinski definition) is 3. The van der Waals surface area contributed by atoms with Crippen molar-refractivity contribution in [1.82, 2.24) is 4.90 Å². The summed E-state index contributed by atoms with van der Waals surface area (Å²) < 4.78 is 22.8. The van der Waals surface area contributed by atoms with Crippen LogP contribution < -0.4 is 0 Å². The summed E-state index contributed by atoms with van der Waals surface area (Å²) in [4.78, 5) is 14.3. The lowest BCUT2D eigenvalue weighted by atomic mass is 10.1. The number of carbonyl (C=O) groups excluding carboxylic acids is 1. The normalized spacial score (nSPS) is 11.7. The molecule has 0 aliphatic carbocycles. The van der Waals surface area contributed by atoms with Crippen LogP contribution in [0.1, 0.15) is 30.6 Å². The molecule has 4 nitrogen and oxygen atoms in total. The molecule has 1 aromatic rings. The van der Waals surface area contributed by atoms with E-state index < -0.39 is 9.84 Å². The largest absolute Gasteiger partial charge is 0.336 e. The Morgan fingerprint density at radius 2 is 1.80 bits per heavy atom. The molecule has 0 unspecified atom stereocenters. The van der Waals surface area contributed by atoms with Crippen LogP contribution in [0.4, 0.5) is 0 Å². The van der Waals surface area contributed by atoms with Gasteiger partial charge >= 0.3 is 0 Å². The maximum absolute atomic E-state index is 12.4. The van der Waals surface area contributed by atoms with E-state index in [1.807, 2.05) is 13.8 Å². The van der Waals surface area contributed by atoms with E-state index in [1.54, 1.807) is 17.0 Å². The molecule has 0 N–H and O–H groups in total. The molecule has 112 valence electrons. The van der Waals surface area contributed by atoms with Gasteiger partial charge in [0.2, 0.25) is 0 Å². The number of rotatable bonds is 6. The highest BCUT2D eigenvalue weighted by Gasteiger charge is 2.18. The first-order chi connectivity index (χ1) is 9.27. The fourth-order valence-electron chi connectivity index (χ4n) is 1.83. The van der Waals surface area contributed by atoms with Crippen LogP contribution >= 0.6 is 11.6 Å². The summed E-state index contributed by atoms with van der Waals surface area (Å²) in [7, 11) is -3.24. The average Bonchev–Trinajstić information content (AvgIpc) is 2.37. The summed E-state index contributed by atoms with van der Waals surface area (Å²) in [5.41, 5.74) is 0.487. The van der Waals surface area contributed by atoms with Crippen molar-refractivity contribution < 1.29 is 13.2 Å². The Labute approximate surface area is 125 Å². The lowest BCUT2D eigenvalue weighted by molar-refractivity contribution is 0.0706. The van der Waals surface area contributed by atoms with E-state index in [-0.39, 0.29) is 16.8 Å². The van der Waals surface area contributed by atoms with Gasteiger partial charge in [0, 0.05) is 30.3 Å². The smallest absolute Gasteiger partial charge is 0.254 e. The number of halogens is 1. The highest BCUT2D eigenvalue weighted by Crippen LogP contribution is 2.14. The van der Waals surface area contributed by atoms with Crippen LogP contribution in [0.2, 0.25) is 0 Å². The molecule has 1 amide bonds. The minimum Gasteiger partial charge on any atom is -0.336 e. The van der Waals surface area contributed by atoms with Gasteiger partial charge in [-0.3, -0.25) is 4.79 Å². The Kier molecular flexibility index (Phi) is 6.02. The molecule has 1 rings (SSSR count). The SMILES string of the molecule is CC(C)N(CCCCl)C(=O)c1ccc(S(C)(=O)=O)cc1. The van der Waals surface area contributed by atoms with Crippen molar-refractivity contribution in [2.75, 3.05) is 18.7 Å². The first-order valence-electron chi connectivity index (χ1n) is 6.44. The Morgan fingerprint density at radius 3 is 2.20 bits per heavy atom. The molecule has 0 aliphatic rings. The second-order valence-corrected chi connectivity index (χ2v) is 7.33. The van der Waals surface area contributed by atoms with E-state index >= 15 is 0 Å². The van der Waals surface area contributed by atoms with Crippen molar-refractivity contribution in [3.63, 3.8) is 0 Å². The number of benzene rings is 1. The van der Waals surface area contributed by atoms with Gasteiger partial charge in [0.25, 0.3) is 5.91 Å². The van der Waals surface area contributed by atoms with Crippen LogP contribution in [0.3, 0.4) is 0 Å². The molecule has 20 heavy (non-hydrogen) atoms. The molecule has 0 bridgehead atoms. The summed E-state index contributed by atoms with van der Waals surface area (Å²) in [5.74, 6) is 0.397. The molecular weight excluding hydrogens is 298 g/mol. The van der Waals surface area contributed by atoms with E-state index in [4.69, 9.17) is 11.6 Å². The summed E-state index contributed by atoms with van der Waals surface area (Å²) in [5, 5.41) is 0. The minimum atomic E-state index is -3.24. The summed E-state index contributed by atoms with van der Waals surface area (Å²) in [6.45, 7) is 4.47. The molecule has 0 atom stereocenters. The van der Waals surface area contributed by atoms with Gasteiger partial charge in [-0.15, -0.1) is 11.6 Å². The van der Waals surface area contributed by atoms with Gasteiger partial charge in [-0.25, -0.2) is 8.42 Å². The maximum atomic E-state index is 12.4. The van der Waals surface area contributed by atoms with Gasteiger partial charge in [0.05, 0.1) is 4.90 Å². The third-order valence-electron chi connectivity index (χ3n) is 2.95. The molecule has 1 aromatic carbocycles. The predicted octanol–water partition coefficient (Wildman–Crippen LogP) is 2.57. The molecule has 0 fully saturated rings. The number of alkyl halides is 1. The number of amides is 1. The Balaban J connectivity index is 2.95. The number of nitrogens with zero attached hydrogens (tertiary/aromatic N) is 1. The van der Waals surface area contributed by atoms with Crippen molar-refractivity contribution in [3.05, 3.63) is 29.8 Å². The fourth-order valence-corrected chi connectivity index (χ4v) is 2.58. The van der Waals surface area contributed by atoms with E-state index in [0.29, 0.717) is 18.0 Å². The predicted molar refractivity (Wildman–Crippen MR) is 81.1 cm³/mol. The molecule has 6 heteroatoms.